The summed E-state index contributed by atoms with van der Waals surface area (Å²) in [5.74, 6) is 1.26. The van der Waals surface area contributed by atoms with Crippen molar-refractivity contribution in [3.05, 3.63) is 78.4 Å². The van der Waals surface area contributed by atoms with E-state index in [0.717, 1.165) is 9.87 Å². The second kappa shape index (κ2) is 8.31. The quantitative estimate of drug-likeness (QED) is 0.569. The zero-order valence-corrected chi connectivity index (χ0v) is 18.0. The lowest BCUT2D eigenvalue weighted by atomic mass is 10.2. The Kier molecular flexibility index (Phi) is 5.56. The number of hydrogen-bond donors (Lipinski definition) is 0. The highest BCUT2D eigenvalue weighted by molar-refractivity contribution is 7.94. The molecule has 0 aliphatic carbocycles. The largest absolute Gasteiger partial charge is 0.497 e. The molecule has 0 unspecified atom stereocenters. The summed E-state index contributed by atoms with van der Waals surface area (Å²) >= 11 is 0. The average Bonchev–Trinajstić information content (AvgIpc) is 2.78. The molecule has 0 atom stereocenters. The minimum Gasteiger partial charge on any atom is -0.497 e. The van der Waals surface area contributed by atoms with Gasteiger partial charge in [0.05, 0.1) is 31.6 Å². The monoisotopic (exact) mass is 438 g/mol. The first-order valence-corrected chi connectivity index (χ1v) is 11.2. The number of benzene rings is 3. The maximum Gasteiger partial charge on any atom is 0.343 e. The SMILES string of the molecule is CCOc1ccc(N2C(=O)N(Cc3cccc(OC)c3)c3ccccc3S2(=O)=O)cc1. The summed E-state index contributed by atoms with van der Waals surface area (Å²) in [5.41, 5.74) is 1.41. The lowest BCUT2D eigenvalue weighted by Crippen LogP contribution is -2.50. The summed E-state index contributed by atoms with van der Waals surface area (Å²) < 4.78 is 38.2. The molecule has 0 N–H and O–H groups in total. The fourth-order valence-corrected chi connectivity index (χ4v) is 5.11. The van der Waals surface area contributed by atoms with Gasteiger partial charge in [-0.1, -0.05) is 24.3 Å². The number of fused-ring (bicyclic) bond motifs is 1. The summed E-state index contributed by atoms with van der Waals surface area (Å²) in [6.45, 7) is 2.54. The van der Waals surface area contributed by atoms with Crippen LogP contribution in [-0.2, 0) is 16.6 Å². The Morgan fingerprint density at radius 3 is 2.35 bits per heavy atom. The van der Waals surface area contributed by atoms with Gasteiger partial charge in [0.15, 0.2) is 0 Å². The van der Waals surface area contributed by atoms with Crippen LogP contribution in [0.5, 0.6) is 11.5 Å². The molecule has 1 aliphatic heterocycles. The molecule has 2 amide bonds. The van der Waals surface area contributed by atoms with Crippen LogP contribution in [0.4, 0.5) is 16.2 Å². The van der Waals surface area contributed by atoms with Gasteiger partial charge >= 0.3 is 6.03 Å². The highest BCUT2D eigenvalue weighted by atomic mass is 32.2. The number of hydrogen-bond acceptors (Lipinski definition) is 5. The molecule has 0 bridgehead atoms. The fraction of sp³-hybridized carbons (Fsp3) is 0.174. The second-order valence-electron chi connectivity index (χ2n) is 6.88. The van der Waals surface area contributed by atoms with Crippen molar-refractivity contribution in [1.82, 2.24) is 0 Å². The third kappa shape index (κ3) is 3.82. The van der Waals surface area contributed by atoms with Gasteiger partial charge in [-0.3, -0.25) is 4.90 Å². The molecule has 0 fully saturated rings. The van der Waals surface area contributed by atoms with E-state index in [1.807, 2.05) is 31.2 Å². The smallest absolute Gasteiger partial charge is 0.343 e. The molecule has 0 saturated heterocycles. The van der Waals surface area contributed by atoms with Crippen LogP contribution in [-0.4, -0.2) is 28.2 Å². The molecular formula is C23H22N2O5S. The highest BCUT2D eigenvalue weighted by Gasteiger charge is 2.42. The minimum atomic E-state index is -4.07. The molecule has 1 aliphatic rings. The van der Waals surface area contributed by atoms with Crippen molar-refractivity contribution in [2.45, 2.75) is 18.4 Å². The molecule has 8 heteroatoms. The van der Waals surface area contributed by atoms with Crippen LogP contribution in [0.1, 0.15) is 12.5 Å². The number of sulfonamides is 1. The molecule has 0 aromatic heterocycles. The number of ether oxygens (including phenoxy) is 2. The zero-order chi connectivity index (χ0) is 22.0. The Morgan fingerprint density at radius 2 is 1.65 bits per heavy atom. The fourth-order valence-electron chi connectivity index (χ4n) is 3.51. The average molecular weight is 439 g/mol. The second-order valence-corrected chi connectivity index (χ2v) is 8.64. The lowest BCUT2D eigenvalue weighted by Gasteiger charge is -2.36. The number of nitrogens with zero attached hydrogens (tertiary/aromatic N) is 2. The number of amides is 2. The van der Waals surface area contributed by atoms with Crippen molar-refractivity contribution >= 4 is 27.4 Å². The summed E-state index contributed by atoms with van der Waals surface area (Å²) in [5, 5.41) is 0. The molecular weight excluding hydrogens is 416 g/mol. The van der Waals surface area contributed by atoms with Gasteiger partial charge in [-0.2, -0.15) is 4.31 Å². The van der Waals surface area contributed by atoms with E-state index in [4.69, 9.17) is 9.47 Å². The van der Waals surface area contributed by atoms with Crippen LogP contribution in [0.2, 0.25) is 0 Å². The van der Waals surface area contributed by atoms with Crippen molar-refractivity contribution < 1.29 is 22.7 Å². The molecule has 3 aromatic rings. The van der Waals surface area contributed by atoms with Crippen molar-refractivity contribution in [3.8, 4) is 11.5 Å². The van der Waals surface area contributed by atoms with E-state index in [1.165, 1.54) is 11.0 Å². The Balaban J connectivity index is 1.79. The first-order valence-electron chi connectivity index (χ1n) is 9.77. The van der Waals surface area contributed by atoms with Gasteiger partial charge in [-0.15, -0.1) is 0 Å². The first-order chi connectivity index (χ1) is 15.0. The Morgan fingerprint density at radius 1 is 0.903 bits per heavy atom. The van der Waals surface area contributed by atoms with Gasteiger partial charge in [0.1, 0.15) is 16.4 Å². The van der Waals surface area contributed by atoms with Gasteiger partial charge in [0, 0.05) is 0 Å². The van der Waals surface area contributed by atoms with Crippen molar-refractivity contribution in [2.75, 3.05) is 22.9 Å². The highest BCUT2D eigenvalue weighted by Crippen LogP contribution is 2.38. The van der Waals surface area contributed by atoms with Crippen LogP contribution < -0.4 is 18.7 Å². The van der Waals surface area contributed by atoms with Crippen LogP contribution in [0, 0.1) is 0 Å². The van der Waals surface area contributed by atoms with Crippen LogP contribution in [0.25, 0.3) is 0 Å². The standard InChI is InChI=1S/C23H22N2O5S/c1-3-30-19-13-11-18(12-14-19)25-23(26)24(16-17-7-6-8-20(15-17)29-2)21-9-4-5-10-22(21)31(25,27)28/h4-15H,3,16H2,1-2H3. The van der Waals surface area contributed by atoms with Gasteiger partial charge in [-0.05, 0) is 61.0 Å². The number of carbonyl (C=O) groups is 1. The summed E-state index contributed by atoms with van der Waals surface area (Å²) in [7, 11) is -2.50. The predicted octanol–water partition coefficient (Wildman–Crippen LogP) is 4.43. The van der Waals surface area contributed by atoms with Crippen molar-refractivity contribution in [2.24, 2.45) is 0 Å². The molecule has 1 heterocycles. The van der Waals surface area contributed by atoms with E-state index < -0.39 is 16.1 Å². The third-order valence-electron chi connectivity index (χ3n) is 4.94. The van der Waals surface area contributed by atoms with E-state index in [-0.39, 0.29) is 17.1 Å². The predicted molar refractivity (Wildman–Crippen MR) is 118 cm³/mol. The van der Waals surface area contributed by atoms with Crippen LogP contribution >= 0.6 is 0 Å². The van der Waals surface area contributed by atoms with Gasteiger partial charge in [-0.25, -0.2) is 13.2 Å². The Labute approximate surface area is 181 Å². The van der Waals surface area contributed by atoms with E-state index in [1.54, 1.807) is 49.6 Å². The molecule has 0 spiro atoms. The number of para-hydroxylation sites is 1. The molecule has 31 heavy (non-hydrogen) atoms. The van der Waals surface area contributed by atoms with E-state index >= 15 is 0 Å². The molecule has 160 valence electrons. The summed E-state index contributed by atoms with van der Waals surface area (Å²) in [6.07, 6.45) is 0. The molecule has 3 aromatic carbocycles. The van der Waals surface area contributed by atoms with Crippen molar-refractivity contribution in [3.63, 3.8) is 0 Å². The summed E-state index contributed by atoms with van der Waals surface area (Å²) in [6, 6.07) is 19.6. The zero-order valence-electron chi connectivity index (χ0n) is 17.2. The first kappa shape index (κ1) is 20.7. The molecule has 0 saturated carbocycles. The maximum atomic E-state index is 13.5. The third-order valence-corrected chi connectivity index (χ3v) is 6.68. The molecule has 4 rings (SSSR count). The van der Waals surface area contributed by atoms with Crippen LogP contribution in [0.15, 0.2) is 77.7 Å². The summed E-state index contributed by atoms with van der Waals surface area (Å²) in [4.78, 5) is 15.0. The number of methoxy groups -OCH3 is 1. The maximum absolute atomic E-state index is 13.5. The van der Waals surface area contributed by atoms with Gasteiger partial charge in [0.2, 0.25) is 0 Å². The number of carbonyl (C=O) groups excluding carboxylic acids is 1. The Hall–Kier alpha value is -3.52. The van der Waals surface area contributed by atoms with E-state index in [2.05, 4.69) is 0 Å². The van der Waals surface area contributed by atoms with E-state index in [9.17, 15) is 13.2 Å². The molecule has 7 nitrogen and oxygen atoms in total. The number of rotatable bonds is 6. The van der Waals surface area contributed by atoms with Gasteiger partial charge < -0.3 is 9.47 Å². The minimum absolute atomic E-state index is 0.0754. The van der Waals surface area contributed by atoms with Crippen molar-refractivity contribution in [1.29, 1.82) is 0 Å². The number of anilines is 2. The topological polar surface area (TPSA) is 76.2 Å². The van der Waals surface area contributed by atoms with E-state index in [0.29, 0.717) is 23.8 Å². The Bertz CT molecular complexity index is 1210. The molecule has 0 radical (unpaired) electrons. The lowest BCUT2D eigenvalue weighted by molar-refractivity contribution is 0.253. The number of urea groups is 1. The normalized spacial score (nSPS) is 14.8. The van der Waals surface area contributed by atoms with Crippen LogP contribution in [0.3, 0.4) is 0 Å². The van der Waals surface area contributed by atoms with Gasteiger partial charge in [0.25, 0.3) is 10.0 Å².